The molecular weight excluding hydrogens is 248 g/mol. The Morgan fingerprint density at radius 1 is 1.20 bits per heavy atom. The van der Waals surface area contributed by atoms with Crippen LogP contribution in [0.2, 0.25) is 0 Å². The van der Waals surface area contributed by atoms with E-state index in [0.717, 1.165) is 31.8 Å². The van der Waals surface area contributed by atoms with Gasteiger partial charge >= 0.3 is 0 Å². The molecule has 2 nitrogen and oxygen atoms in total. The zero-order chi connectivity index (χ0) is 13.8. The minimum Gasteiger partial charge on any atom is -0.373 e. The van der Waals surface area contributed by atoms with Crippen LogP contribution in [0.3, 0.4) is 0 Å². The van der Waals surface area contributed by atoms with Gasteiger partial charge in [0.1, 0.15) is 5.78 Å². The maximum Gasteiger partial charge on any atom is 0.135 e. The van der Waals surface area contributed by atoms with Crippen LogP contribution in [0, 0.1) is 5.92 Å². The van der Waals surface area contributed by atoms with Crippen molar-refractivity contribution in [2.45, 2.75) is 57.5 Å². The van der Waals surface area contributed by atoms with E-state index >= 15 is 0 Å². The molecule has 1 fully saturated rings. The molecule has 1 aliphatic carbocycles. The standard InChI is InChI=1S/C18H24O2/c19-16(10-9-14-5-1-2-6-14)13-18-17-8-4-3-7-15(17)11-12-20-18/h3-4,7-8,14,18H,1-2,5-6,9-13H2. The molecule has 0 saturated heterocycles. The number of carbonyl (C=O) groups is 1. The zero-order valence-electron chi connectivity index (χ0n) is 12.1. The van der Waals surface area contributed by atoms with Crippen molar-refractivity contribution in [2.24, 2.45) is 5.92 Å². The van der Waals surface area contributed by atoms with E-state index in [-0.39, 0.29) is 6.10 Å². The summed E-state index contributed by atoms with van der Waals surface area (Å²) in [6, 6.07) is 8.39. The summed E-state index contributed by atoms with van der Waals surface area (Å²) in [5.74, 6) is 1.18. The molecular formula is C18H24O2. The molecule has 1 saturated carbocycles. The molecule has 1 unspecified atom stereocenters. The second-order valence-corrected chi connectivity index (χ2v) is 6.24. The predicted molar refractivity (Wildman–Crippen MR) is 79.7 cm³/mol. The lowest BCUT2D eigenvalue weighted by Gasteiger charge is -2.25. The van der Waals surface area contributed by atoms with Crippen LogP contribution < -0.4 is 0 Å². The van der Waals surface area contributed by atoms with Crippen LogP contribution >= 0.6 is 0 Å². The van der Waals surface area contributed by atoms with Crippen molar-refractivity contribution >= 4 is 5.78 Å². The summed E-state index contributed by atoms with van der Waals surface area (Å²) in [7, 11) is 0. The highest BCUT2D eigenvalue weighted by molar-refractivity contribution is 5.79. The number of ketones is 1. The smallest absolute Gasteiger partial charge is 0.135 e. The van der Waals surface area contributed by atoms with Crippen LogP contribution in [0.5, 0.6) is 0 Å². The van der Waals surface area contributed by atoms with Crippen LogP contribution in [0.4, 0.5) is 0 Å². The molecule has 108 valence electrons. The van der Waals surface area contributed by atoms with Crippen molar-refractivity contribution in [3.8, 4) is 0 Å². The Morgan fingerprint density at radius 3 is 2.85 bits per heavy atom. The minimum atomic E-state index is -0.00368. The SMILES string of the molecule is O=C(CCC1CCCC1)CC1OCCc2ccccc21. The van der Waals surface area contributed by atoms with E-state index in [2.05, 4.69) is 18.2 Å². The third kappa shape index (κ3) is 3.29. The second-order valence-electron chi connectivity index (χ2n) is 6.24. The molecule has 1 aromatic rings. The lowest BCUT2D eigenvalue weighted by molar-refractivity contribution is -0.122. The van der Waals surface area contributed by atoms with Gasteiger partial charge < -0.3 is 4.74 Å². The van der Waals surface area contributed by atoms with E-state index < -0.39 is 0 Å². The first-order valence-corrected chi connectivity index (χ1v) is 8.04. The Bertz CT molecular complexity index is 460. The molecule has 1 atom stereocenters. The third-order valence-corrected chi connectivity index (χ3v) is 4.81. The predicted octanol–water partition coefficient (Wildman–Crippen LogP) is 4.23. The summed E-state index contributed by atoms with van der Waals surface area (Å²) in [6.07, 6.45) is 8.74. The van der Waals surface area contributed by atoms with Crippen molar-refractivity contribution in [1.29, 1.82) is 0 Å². The van der Waals surface area contributed by atoms with E-state index in [1.165, 1.54) is 36.8 Å². The summed E-state index contributed by atoms with van der Waals surface area (Å²) in [5, 5.41) is 0. The van der Waals surface area contributed by atoms with Gasteiger partial charge in [-0.15, -0.1) is 0 Å². The molecule has 2 aliphatic rings. The number of benzene rings is 1. The van der Waals surface area contributed by atoms with Gasteiger partial charge in [-0.3, -0.25) is 4.79 Å². The second kappa shape index (κ2) is 6.53. The zero-order valence-corrected chi connectivity index (χ0v) is 12.1. The topological polar surface area (TPSA) is 26.3 Å². The van der Waals surface area contributed by atoms with Crippen LogP contribution in [-0.4, -0.2) is 12.4 Å². The summed E-state index contributed by atoms with van der Waals surface area (Å²) >= 11 is 0. The van der Waals surface area contributed by atoms with Crippen LogP contribution in [-0.2, 0) is 16.0 Å². The van der Waals surface area contributed by atoms with Crippen molar-refractivity contribution in [2.75, 3.05) is 6.61 Å². The Hall–Kier alpha value is -1.15. The Kier molecular flexibility index (Phi) is 4.51. The van der Waals surface area contributed by atoms with Gasteiger partial charge in [-0.05, 0) is 29.9 Å². The first-order valence-electron chi connectivity index (χ1n) is 8.04. The molecule has 20 heavy (non-hydrogen) atoms. The van der Waals surface area contributed by atoms with Crippen LogP contribution in [0.25, 0.3) is 0 Å². The lowest BCUT2D eigenvalue weighted by atomic mass is 9.92. The van der Waals surface area contributed by atoms with E-state index in [1.807, 2.05) is 6.07 Å². The minimum absolute atomic E-state index is 0.00368. The van der Waals surface area contributed by atoms with E-state index in [9.17, 15) is 4.79 Å². The molecule has 0 bridgehead atoms. The first-order chi connectivity index (χ1) is 9.83. The number of Topliss-reactive ketones (excluding diaryl/α,β-unsaturated/α-hetero) is 1. The highest BCUT2D eigenvalue weighted by atomic mass is 16.5. The maximum absolute atomic E-state index is 12.2. The molecule has 3 rings (SSSR count). The molecule has 1 aromatic carbocycles. The summed E-state index contributed by atoms with van der Waals surface area (Å²) < 4.78 is 5.83. The molecule has 0 spiro atoms. The molecule has 1 aliphatic heterocycles. The van der Waals surface area contributed by atoms with Crippen molar-refractivity contribution in [1.82, 2.24) is 0 Å². The summed E-state index contributed by atoms with van der Waals surface area (Å²) in [6.45, 7) is 0.748. The highest BCUT2D eigenvalue weighted by Crippen LogP contribution is 2.32. The molecule has 0 aromatic heterocycles. The van der Waals surface area contributed by atoms with Crippen molar-refractivity contribution in [3.05, 3.63) is 35.4 Å². The molecule has 1 heterocycles. The van der Waals surface area contributed by atoms with E-state index in [1.54, 1.807) is 0 Å². The Morgan fingerprint density at radius 2 is 2.00 bits per heavy atom. The lowest BCUT2D eigenvalue weighted by Crippen LogP contribution is -2.19. The Balaban J connectivity index is 1.54. The number of hydrogen-bond donors (Lipinski definition) is 0. The van der Waals surface area contributed by atoms with Gasteiger partial charge in [-0.25, -0.2) is 0 Å². The summed E-state index contributed by atoms with van der Waals surface area (Å²) in [4.78, 5) is 12.2. The van der Waals surface area contributed by atoms with Gasteiger partial charge in [0.15, 0.2) is 0 Å². The fourth-order valence-corrected chi connectivity index (χ4v) is 3.62. The number of carbonyl (C=O) groups excluding carboxylic acids is 1. The number of hydrogen-bond acceptors (Lipinski definition) is 2. The fourth-order valence-electron chi connectivity index (χ4n) is 3.62. The normalized spacial score (nSPS) is 22.7. The average Bonchev–Trinajstić information content (AvgIpc) is 2.99. The van der Waals surface area contributed by atoms with Gasteiger partial charge in [0, 0.05) is 12.8 Å². The van der Waals surface area contributed by atoms with Gasteiger partial charge in [0.2, 0.25) is 0 Å². The van der Waals surface area contributed by atoms with Crippen molar-refractivity contribution in [3.63, 3.8) is 0 Å². The number of ether oxygens (including phenoxy) is 1. The highest BCUT2D eigenvalue weighted by Gasteiger charge is 2.23. The van der Waals surface area contributed by atoms with E-state index in [0.29, 0.717) is 12.2 Å². The van der Waals surface area contributed by atoms with Gasteiger partial charge in [0.25, 0.3) is 0 Å². The van der Waals surface area contributed by atoms with Gasteiger partial charge in [-0.1, -0.05) is 49.9 Å². The van der Waals surface area contributed by atoms with Gasteiger partial charge in [0.05, 0.1) is 12.7 Å². The maximum atomic E-state index is 12.2. The monoisotopic (exact) mass is 272 g/mol. The van der Waals surface area contributed by atoms with Gasteiger partial charge in [-0.2, -0.15) is 0 Å². The largest absolute Gasteiger partial charge is 0.373 e. The Labute approximate surface area is 121 Å². The van der Waals surface area contributed by atoms with E-state index in [4.69, 9.17) is 4.74 Å². The van der Waals surface area contributed by atoms with Crippen LogP contribution in [0.1, 0.15) is 62.2 Å². The molecule has 2 heteroatoms. The summed E-state index contributed by atoms with van der Waals surface area (Å²) in [5.41, 5.74) is 2.58. The average molecular weight is 272 g/mol. The fraction of sp³-hybridized carbons (Fsp3) is 0.611. The number of fused-ring (bicyclic) bond motifs is 1. The van der Waals surface area contributed by atoms with Crippen molar-refractivity contribution < 1.29 is 9.53 Å². The first kappa shape index (κ1) is 13.8. The quantitative estimate of drug-likeness (QED) is 0.801. The molecule has 0 radical (unpaired) electrons. The number of rotatable bonds is 5. The third-order valence-electron chi connectivity index (χ3n) is 4.81. The molecule has 0 amide bonds. The van der Waals surface area contributed by atoms with Crippen LogP contribution in [0.15, 0.2) is 24.3 Å². The molecule has 0 N–H and O–H groups in total.